The monoisotopic (exact) mass is 386 g/mol. The molecule has 4 rings (SSSR count). The lowest BCUT2D eigenvalue weighted by Crippen LogP contribution is -2.07. The van der Waals surface area contributed by atoms with Crippen LogP contribution in [0.4, 0.5) is 0 Å². The second kappa shape index (κ2) is 7.67. The summed E-state index contributed by atoms with van der Waals surface area (Å²) in [5, 5.41) is 1.94. The second-order valence-electron chi connectivity index (χ2n) is 5.93. The predicted octanol–water partition coefficient (Wildman–Crippen LogP) is 3.68. The van der Waals surface area contributed by atoms with Gasteiger partial charge in [-0.2, -0.15) is 0 Å². The Morgan fingerprint density at radius 3 is 2.96 bits per heavy atom. The fourth-order valence-electron chi connectivity index (χ4n) is 3.09. The van der Waals surface area contributed by atoms with Crippen LogP contribution in [0.3, 0.4) is 0 Å². The van der Waals surface area contributed by atoms with Gasteiger partial charge < -0.3 is 4.74 Å². The number of hydrogen-bond acceptors (Lipinski definition) is 8. The number of ether oxygens (including phenoxy) is 1. The van der Waals surface area contributed by atoms with E-state index in [1.165, 1.54) is 35.0 Å². The number of carbonyl (C=O) groups excluding carboxylic acids is 1. The Morgan fingerprint density at radius 1 is 1.27 bits per heavy atom. The fourth-order valence-corrected chi connectivity index (χ4v) is 5.27. The molecule has 6 nitrogen and oxygen atoms in total. The summed E-state index contributed by atoms with van der Waals surface area (Å²) in [7, 11) is 0. The van der Waals surface area contributed by atoms with Crippen molar-refractivity contribution in [1.82, 2.24) is 19.9 Å². The number of esters is 1. The molecule has 0 amide bonds. The molecule has 26 heavy (non-hydrogen) atoms. The minimum Gasteiger partial charge on any atom is -0.465 e. The molecule has 0 fully saturated rings. The summed E-state index contributed by atoms with van der Waals surface area (Å²) in [6.07, 6.45) is 9.47. The Balaban J connectivity index is 1.79. The van der Waals surface area contributed by atoms with Gasteiger partial charge in [-0.15, -0.1) is 11.3 Å². The molecular weight excluding hydrogens is 368 g/mol. The van der Waals surface area contributed by atoms with E-state index in [-0.39, 0.29) is 11.7 Å². The van der Waals surface area contributed by atoms with Crippen molar-refractivity contribution in [3.63, 3.8) is 0 Å². The van der Waals surface area contributed by atoms with Crippen LogP contribution < -0.4 is 0 Å². The Kier molecular flexibility index (Phi) is 5.12. The van der Waals surface area contributed by atoms with Crippen molar-refractivity contribution in [2.75, 3.05) is 12.4 Å². The van der Waals surface area contributed by atoms with Crippen LogP contribution in [0.25, 0.3) is 21.7 Å². The van der Waals surface area contributed by atoms with Crippen molar-refractivity contribution in [2.24, 2.45) is 0 Å². The topological polar surface area (TPSA) is 77.9 Å². The first kappa shape index (κ1) is 17.4. The number of aromatic nitrogens is 4. The van der Waals surface area contributed by atoms with Gasteiger partial charge in [-0.3, -0.25) is 9.78 Å². The van der Waals surface area contributed by atoms with Gasteiger partial charge in [0.1, 0.15) is 15.6 Å². The summed E-state index contributed by atoms with van der Waals surface area (Å²) in [6, 6.07) is 0. The number of fused-ring (bicyclic) bond motifs is 3. The standard InChI is InChI=1S/C18H18N4O2S2/c1-2-24-14(23)10-25-17-15-11-5-3-4-6-13(11)26-18(15)22-16(21-17)12-9-19-7-8-20-12/h7-9H,2-6,10H2,1H3. The van der Waals surface area contributed by atoms with Gasteiger partial charge in [-0.25, -0.2) is 15.0 Å². The van der Waals surface area contributed by atoms with Crippen molar-refractivity contribution in [2.45, 2.75) is 37.6 Å². The van der Waals surface area contributed by atoms with Crippen LogP contribution in [0.15, 0.2) is 23.6 Å². The molecule has 1 aliphatic carbocycles. The molecule has 0 saturated carbocycles. The highest BCUT2D eigenvalue weighted by Crippen LogP contribution is 2.40. The zero-order valence-electron chi connectivity index (χ0n) is 14.4. The van der Waals surface area contributed by atoms with Crippen LogP contribution in [0.5, 0.6) is 0 Å². The number of nitrogens with zero attached hydrogens (tertiary/aromatic N) is 4. The summed E-state index contributed by atoms with van der Waals surface area (Å²) in [6.45, 7) is 2.20. The number of aryl methyl sites for hydroxylation is 2. The average Bonchev–Trinajstić information content (AvgIpc) is 3.05. The van der Waals surface area contributed by atoms with Crippen LogP contribution >= 0.6 is 23.1 Å². The molecule has 0 spiro atoms. The maximum atomic E-state index is 11.8. The molecule has 3 heterocycles. The van der Waals surface area contributed by atoms with Crippen molar-refractivity contribution in [1.29, 1.82) is 0 Å². The van der Waals surface area contributed by atoms with E-state index < -0.39 is 0 Å². The van der Waals surface area contributed by atoms with Crippen molar-refractivity contribution >= 4 is 39.3 Å². The lowest BCUT2D eigenvalue weighted by atomic mass is 9.97. The summed E-state index contributed by atoms with van der Waals surface area (Å²) in [4.78, 5) is 32.1. The molecule has 0 bridgehead atoms. The predicted molar refractivity (Wildman–Crippen MR) is 102 cm³/mol. The van der Waals surface area contributed by atoms with Gasteiger partial charge in [0.2, 0.25) is 0 Å². The Labute approximate surface area is 159 Å². The molecule has 0 unspecified atom stereocenters. The van der Waals surface area contributed by atoms with Gasteiger partial charge >= 0.3 is 5.97 Å². The molecule has 3 aromatic rings. The third-order valence-corrected chi connectivity index (χ3v) is 6.34. The number of hydrogen-bond donors (Lipinski definition) is 0. The van der Waals surface area contributed by atoms with Gasteiger partial charge in [0.25, 0.3) is 0 Å². The summed E-state index contributed by atoms with van der Waals surface area (Å²) < 4.78 is 5.06. The van der Waals surface area contributed by atoms with E-state index in [4.69, 9.17) is 14.7 Å². The highest BCUT2D eigenvalue weighted by atomic mass is 32.2. The number of thiophene rings is 1. The summed E-state index contributed by atoms with van der Waals surface area (Å²) in [5.74, 6) is 0.565. The first-order chi connectivity index (χ1) is 12.8. The largest absolute Gasteiger partial charge is 0.465 e. The average molecular weight is 387 g/mol. The van der Waals surface area contributed by atoms with Gasteiger partial charge in [0.05, 0.1) is 18.6 Å². The Bertz CT molecular complexity index is 943. The molecule has 0 atom stereocenters. The van der Waals surface area contributed by atoms with E-state index in [2.05, 4.69) is 9.97 Å². The molecule has 0 saturated heterocycles. The van der Waals surface area contributed by atoms with E-state index >= 15 is 0 Å². The minimum absolute atomic E-state index is 0.227. The Hall–Kier alpha value is -2.06. The maximum absolute atomic E-state index is 11.8. The molecule has 0 N–H and O–H groups in total. The third kappa shape index (κ3) is 3.43. The molecule has 0 aliphatic heterocycles. The van der Waals surface area contributed by atoms with Gasteiger partial charge in [-0.05, 0) is 38.2 Å². The van der Waals surface area contributed by atoms with Gasteiger partial charge in [0.15, 0.2) is 5.82 Å². The van der Waals surface area contributed by atoms with E-state index in [0.29, 0.717) is 18.1 Å². The van der Waals surface area contributed by atoms with E-state index in [9.17, 15) is 4.79 Å². The summed E-state index contributed by atoms with van der Waals surface area (Å²) >= 11 is 3.16. The lowest BCUT2D eigenvalue weighted by Gasteiger charge is -2.12. The molecule has 0 radical (unpaired) electrons. The number of carbonyl (C=O) groups is 1. The van der Waals surface area contributed by atoms with Crippen LogP contribution in [0, 0.1) is 0 Å². The smallest absolute Gasteiger partial charge is 0.316 e. The quantitative estimate of drug-likeness (QED) is 0.376. The zero-order valence-corrected chi connectivity index (χ0v) is 16.0. The van der Waals surface area contributed by atoms with Crippen LogP contribution in [0.1, 0.15) is 30.2 Å². The lowest BCUT2D eigenvalue weighted by molar-refractivity contribution is -0.139. The molecular formula is C18H18N4O2S2. The van der Waals surface area contributed by atoms with Gasteiger partial charge in [0, 0.05) is 22.7 Å². The van der Waals surface area contributed by atoms with Crippen LogP contribution in [-0.4, -0.2) is 38.3 Å². The molecule has 0 aromatic carbocycles. The normalized spacial score (nSPS) is 13.6. The first-order valence-corrected chi connectivity index (χ1v) is 10.4. The highest BCUT2D eigenvalue weighted by Gasteiger charge is 2.22. The number of thioether (sulfide) groups is 1. The molecule has 3 aromatic heterocycles. The molecule has 134 valence electrons. The van der Waals surface area contributed by atoms with E-state index in [0.717, 1.165) is 28.1 Å². The van der Waals surface area contributed by atoms with Crippen molar-refractivity contribution < 1.29 is 9.53 Å². The molecule has 8 heteroatoms. The fraction of sp³-hybridized carbons (Fsp3) is 0.389. The molecule has 1 aliphatic rings. The minimum atomic E-state index is -0.227. The van der Waals surface area contributed by atoms with Gasteiger partial charge in [-0.1, -0.05) is 11.8 Å². The maximum Gasteiger partial charge on any atom is 0.316 e. The van der Waals surface area contributed by atoms with E-state index in [1.807, 2.05) is 6.92 Å². The third-order valence-electron chi connectivity index (χ3n) is 4.21. The highest BCUT2D eigenvalue weighted by molar-refractivity contribution is 8.00. The van der Waals surface area contributed by atoms with E-state index in [1.54, 1.807) is 29.9 Å². The van der Waals surface area contributed by atoms with Crippen molar-refractivity contribution in [3.05, 3.63) is 29.0 Å². The zero-order chi connectivity index (χ0) is 17.9. The SMILES string of the molecule is CCOC(=O)CSc1nc(-c2cnccn2)nc2sc3c(c12)CCCC3. The first-order valence-electron chi connectivity index (χ1n) is 8.63. The van der Waals surface area contributed by atoms with Crippen molar-refractivity contribution in [3.8, 4) is 11.5 Å². The summed E-state index contributed by atoms with van der Waals surface area (Å²) in [5.41, 5.74) is 1.99. The number of rotatable bonds is 5. The Morgan fingerprint density at radius 2 is 2.15 bits per heavy atom. The second-order valence-corrected chi connectivity index (χ2v) is 7.98. The van der Waals surface area contributed by atoms with Crippen LogP contribution in [-0.2, 0) is 22.4 Å². The van der Waals surface area contributed by atoms with Crippen LogP contribution in [0.2, 0.25) is 0 Å².